The number of rotatable bonds is 5. The number of para-hydroxylation sites is 1. The Hall–Kier alpha value is -3.27. The Morgan fingerprint density at radius 1 is 0.935 bits per heavy atom. The number of anilines is 2. The van der Waals surface area contributed by atoms with E-state index in [2.05, 4.69) is 83.6 Å². The number of carbonyl (C=O) groups excluding carboxylic acids is 1. The molecule has 1 amide bonds. The van der Waals surface area contributed by atoms with Gasteiger partial charge in [0.25, 0.3) is 5.91 Å². The third kappa shape index (κ3) is 3.46. The zero-order valence-corrected chi connectivity index (χ0v) is 18.2. The van der Waals surface area contributed by atoms with E-state index in [1.807, 2.05) is 18.2 Å². The van der Waals surface area contributed by atoms with Crippen molar-refractivity contribution in [3.63, 3.8) is 0 Å². The molecule has 31 heavy (non-hydrogen) atoms. The van der Waals surface area contributed by atoms with Gasteiger partial charge < -0.3 is 15.1 Å². The molecule has 0 aromatic heterocycles. The molecule has 2 heterocycles. The molecule has 0 radical (unpaired) electrons. The first kappa shape index (κ1) is 19.7. The van der Waals surface area contributed by atoms with Crippen LogP contribution in [0.2, 0.25) is 0 Å². The van der Waals surface area contributed by atoms with Crippen LogP contribution in [0.4, 0.5) is 11.4 Å². The summed E-state index contributed by atoms with van der Waals surface area (Å²) in [5.41, 5.74) is 7.05. The van der Waals surface area contributed by atoms with Crippen LogP contribution in [-0.2, 0) is 13.0 Å². The molecule has 2 aliphatic rings. The summed E-state index contributed by atoms with van der Waals surface area (Å²) in [5.74, 6) is 0.222. The van der Waals surface area contributed by atoms with Crippen molar-refractivity contribution in [2.45, 2.75) is 38.9 Å². The lowest BCUT2D eigenvalue weighted by Crippen LogP contribution is -2.57. The van der Waals surface area contributed by atoms with Gasteiger partial charge in [0, 0.05) is 31.2 Å². The number of fused-ring (bicyclic) bond motifs is 4. The summed E-state index contributed by atoms with van der Waals surface area (Å²) in [6, 6.07) is 25.6. The molecule has 0 unspecified atom stereocenters. The molecule has 4 nitrogen and oxygen atoms in total. The quantitative estimate of drug-likeness (QED) is 0.645. The lowest BCUT2D eigenvalue weighted by Gasteiger charge is -2.47. The minimum absolute atomic E-state index is 0.0260. The van der Waals surface area contributed by atoms with Gasteiger partial charge in [-0.1, -0.05) is 48.5 Å². The summed E-state index contributed by atoms with van der Waals surface area (Å²) in [7, 11) is 0. The third-order valence-corrected chi connectivity index (χ3v) is 6.77. The van der Waals surface area contributed by atoms with E-state index in [0.717, 1.165) is 37.3 Å². The summed E-state index contributed by atoms with van der Waals surface area (Å²) in [4.78, 5) is 17.6. The molecule has 4 heteroatoms. The van der Waals surface area contributed by atoms with Gasteiger partial charge in [-0.05, 0) is 61.2 Å². The van der Waals surface area contributed by atoms with Gasteiger partial charge >= 0.3 is 0 Å². The maximum atomic E-state index is 12.9. The zero-order chi connectivity index (χ0) is 21.4. The monoisotopic (exact) mass is 411 g/mol. The number of benzene rings is 3. The SMILES string of the molecule is CCN(CC)c1ccc(C[C@@H]2c3ccccc3CN3c4ccccc4C(=O)N[C@@H]23)cc1. The van der Waals surface area contributed by atoms with E-state index < -0.39 is 0 Å². The summed E-state index contributed by atoms with van der Waals surface area (Å²) >= 11 is 0. The number of hydrogen-bond acceptors (Lipinski definition) is 3. The lowest BCUT2D eigenvalue weighted by atomic mass is 9.81. The highest BCUT2D eigenvalue weighted by molar-refractivity contribution is 6.02. The molecule has 3 aromatic carbocycles. The molecule has 1 N–H and O–H groups in total. The highest BCUT2D eigenvalue weighted by Gasteiger charge is 2.40. The Labute approximate surface area is 184 Å². The predicted molar refractivity (Wildman–Crippen MR) is 127 cm³/mol. The predicted octanol–water partition coefficient (Wildman–Crippen LogP) is 4.95. The van der Waals surface area contributed by atoms with Gasteiger partial charge in [0.1, 0.15) is 6.17 Å². The van der Waals surface area contributed by atoms with E-state index in [0.29, 0.717) is 0 Å². The van der Waals surface area contributed by atoms with Crippen molar-refractivity contribution in [1.82, 2.24) is 5.32 Å². The summed E-state index contributed by atoms with van der Waals surface area (Å²) < 4.78 is 0. The molecular formula is C27H29N3O. The Morgan fingerprint density at radius 3 is 2.42 bits per heavy atom. The standard InChI is InChI=1S/C27H29N3O/c1-3-29(4-2)21-15-13-19(14-16-21)17-24-22-10-6-5-9-20(22)18-30-25-12-8-7-11-23(25)27(31)28-26(24)30/h5-16,24,26H,3-4,17-18H2,1-2H3,(H,28,31)/t24-,26-/m1/s1. The van der Waals surface area contributed by atoms with Crippen molar-refractivity contribution < 1.29 is 4.79 Å². The smallest absolute Gasteiger partial charge is 0.254 e. The average molecular weight is 412 g/mol. The zero-order valence-electron chi connectivity index (χ0n) is 18.2. The first-order chi connectivity index (χ1) is 15.2. The molecule has 2 aliphatic heterocycles. The van der Waals surface area contributed by atoms with E-state index in [1.54, 1.807) is 0 Å². The highest BCUT2D eigenvalue weighted by Crippen LogP contribution is 2.40. The van der Waals surface area contributed by atoms with Crippen molar-refractivity contribution in [2.24, 2.45) is 0 Å². The minimum Gasteiger partial charge on any atom is -0.372 e. The number of amides is 1. The van der Waals surface area contributed by atoms with E-state index in [1.165, 1.54) is 22.4 Å². The molecule has 0 saturated heterocycles. The molecule has 0 saturated carbocycles. The molecule has 0 bridgehead atoms. The van der Waals surface area contributed by atoms with Crippen molar-refractivity contribution in [3.8, 4) is 0 Å². The summed E-state index contributed by atoms with van der Waals surface area (Å²) in [6.45, 7) is 7.21. The molecule has 3 aromatic rings. The topological polar surface area (TPSA) is 35.6 Å². The molecule has 158 valence electrons. The van der Waals surface area contributed by atoms with Gasteiger partial charge in [-0.15, -0.1) is 0 Å². The van der Waals surface area contributed by atoms with Crippen LogP contribution < -0.4 is 15.1 Å². The van der Waals surface area contributed by atoms with E-state index in [4.69, 9.17) is 0 Å². The van der Waals surface area contributed by atoms with Gasteiger partial charge in [0.05, 0.1) is 11.3 Å². The largest absolute Gasteiger partial charge is 0.372 e. The van der Waals surface area contributed by atoms with Crippen molar-refractivity contribution in [3.05, 3.63) is 95.1 Å². The number of carbonyl (C=O) groups is 1. The number of nitrogens with zero attached hydrogens (tertiary/aromatic N) is 2. The van der Waals surface area contributed by atoms with E-state index >= 15 is 0 Å². The number of hydrogen-bond donors (Lipinski definition) is 1. The first-order valence-corrected chi connectivity index (χ1v) is 11.3. The van der Waals surface area contributed by atoms with Crippen LogP contribution in [0.5, 0.6) is 0 Å². The Bertz CT molecular complexity index is 1090. The molecule has 0 spiro atoms. The van der Waals surface area contributed by atoms with Crippen LogP contribution in [0.15, 0.2) is 72.8 Å². The minimum atomic E-state index is -0.0419. The van der Waals surface area contributed by atoms with Crippen molar-refractivity contribution in [2.75, 3.05) is 22.9 Å². The van der Waals surface area contributed by atoms with Crippen molar-refractivity contribution >= 4 is 17.3 Å². The Balaban J connectivity index is 1.51. The fraction of sp³-hybridized carbons (Fsp3) is 0.296. The normalized spacial score (nSPS) is 19.2. The maximum Gasteiger partial charge on any atom is 0.254 e. The van der Waals surface area contributed by atoms with Crippen molar-refractivity contribution in [1.29, 1.82) is 0 Å². The third-order valence-electron chi connectivity index (χ3n) is 6.77. The van der Waals surface area contributed by atoms with Crippen LogP contribution in [0, 0.1) is 0 Å². The van der Waals surface area contributed by atoms with Crippen LogP contribution >= 0.6 is 0 Å². The van der Waals surface area contributed by atoms with E-state index in [9.17, 15) is 4.79 Å². The van der Waals surface area contributed by atoms with Gasteiger partial charge in [-0.2, -0.15) is 0 Å². The van der Waals surface area contributed by atoms with Gasteiger partial charge in [0.15, 0.2) is 0 Å². The Kier molecular flexibility index (Phi) is 5.14. The van der Waals surface area contributed by atoms with Gasteiger partial charge in [0.2, 0.25) is 0 Å². The summed E-state index contributed by atoms with van der Waals surface area (Å²) in [5, 5.41) is 3.31. The highest BCUT2D eigenvalue weighted by atomic mass is 16.2. The molecular weight excluding hydrogens is 382 g/mol. The molecule has 5 rings (SSSR count). The number of nitrogens with one attached hydrogen (secondary N) is 1. The van der Waals surface area contributed by atoms with Crippen LogP contribution in [0.1, 0.15) is 46.8 Å². The second kappa shape index (κ2) is 8.10. The van der Waals surface area contributed by atoms with Crippen LogP contribution in [-0.4, -0.2) is 25.2 Å². The van der Waals surface area contributed by atoms with Gasteiger partial charge in [-0.3, -0.25) is 4.79 Å². The van der Waals surface area contributed by atoms with Crippen LogP contribution in [0.3, 0.4) is 0 Å². The van der Waals surface area contributed by atoms with Crippen LogP contribution in [0.25, 0.3) is 0 Å². The first-order valence-electron chi connectivity index (χ1n) is 11.3. The fourth-order valence-corrected chi connectivity index (χ4v) is 5.16. The second-order valence-electron chi connectivity index (χ2n) is 8.41. The van der Waals surface area contributed by atoms with Gasteiger partial charge in [-0.25, -0.2) is 0 Å². The summed E-state index contributed by atoms with van der Waals surface area (Å²) in [6.07, 6.45) is 0.846. The lowest BCUT2D eigenvalue weighted by molar-refractivity contribution is 0.0916. The molecule has 2 atom stereocenters. The fourth-order valence-electron chi connectivity index (χ4n) is 5.16. The average Bonchev–Trinajstić information content (AvgIpc) is 2.81. The van der Waals surface area contributed by atoms with E-state index in [-0.39, 0.29) is 18.0 Å². The second-order valence-corrected chi connectivity index (χ2v) is 8.41. The molecule has 0 fully saturated rings. The maximum absolute atomic E-state index is 12.9. The molecule has 0 aliphatic carbocycles. The Morgan fingerprint density at radius 2 is 1.65 bits per heavy atom.